The van der Waals surface area contributed by atoms with Crippen LogP contribution in [0.2, 0.25) is 0 Å². The normalized spacial score (nSPS) is 19.0. The third-order valence-electron chi connectivity index (χ3n) is 3.83. The van der Waals surface area contributed by atoms with Gasteiger partial charge in [0.05, 0.1) is 0 Å². The molecular weight excluding hydrogens is 312 g/mol. The minimum absolute atomic E-state index is 0.0854. The Kier molecular flexibility index (Phi) is 3.95. The van der Waals surface area contributed by atoms with Crippen LogP contribution in [0.5, 0.6) is 11.5 Å². The fraction of sp³-hybridized carbons (Fsp3) is 0.111. The molecule has 1 unspecified atom stereocenters. The molecule has 3 N–H and O–H groups in total. The van der Waals surface area contributed by atoms with Crippen molar-refractivity contribution < 1.29 is 29.6 Å². The minimum atomic E-state index is -1.08. The molecule has 0 aliphatic carbocycles. The number of carboxylic acids is 2. The molecule has 6 heteroatoms. The van der Waals surface area contributed by atoms with Gasteiger partial charge >= 0.3 is 11.9 Å². The van der Waals surface area contributed by atoms with E-state index in [2.05, 4.69) is 0 Å². The minimum Gasteiger partial charge on any atom is -0.508 e. The summed E-state index contributed by atoms with van der Waals surface area (Å²) in [7, 11) is 0. The average Bonchev–Trinajstić information content (AvgIpc) is 2.92. The van der Waals surface area contributed by atoms with Gasteiger partial charge in [0.2, 0.25) is 0 Å². The third-order valence-corrected chi connectivity index (χ3v) is 3.83. The lowest BCUT2D eigenvalue weighted by Crippen LogP contribution is -2.18. The standard InChI is InChI=1S/C18H14O6/c19-12-5-3-11(4-6-12)17-16(18(22)23)13-9-10(2-8-15(20)21)1-7-14(13)24-17/h1-9,16-17,19H,(H,20,21)(H,22,23)/b8-2+/t16?,17-/m0/s1. The summed E-state index contributed by atoms with van der Waals surface area (Å²) in [5.74, 6) is -2.49. The molecule has 0 amide bonds. The summed E-state index contributed by atoms with van der Waals surface area (Å²) in [6.07, 6.45) is 1.68. The second-order valence-electron chi connectivity index (χ2n) is 5.41. The van der Waals surface area contributed by atoms with Crippen LogP contribution in [0.4, 0.5) is 0 Å². The van der Waals surface area contributed by atoms with Crippen molar-refractivity contribution in [1.82, 2.24) is 0 Å². The molecule has 2 aromatic carbocycles. The number of hydrogen-bond donors (Lipinski definition) is 3. The predicted molar refractivity (Wildman–Crippen MR) is 85.0 cm³/mol. The van der Waals surface area contributed by atoms with Crippen molar-refractivity contribution in [1.29, 1.82) is 0 Å². The SMILES string of the molecule is O=C(O)/C=C/c1ccc2c(c1)C(C(=O)O)[C@H](c1ccc(O)cc1)O2. The number of ether oxygens (including phenoxy) is 1. The number of phenolic OH excluding ortho intramolecular Hbond substituents is 1. The maximum atomic E-state index is 11.8. The van der Waals surface area contributed by atoms with Gasteiger partial charge in [-0.2, -0.15) is 0 Å². The van der Waals surface area contributed by atoms with E-state index in [9.17, 15) is 19.8 Å². The van der Waals surface area contributed by atoms with Gasteiger partial charge in [0.25, 0.3) is 0 Å². The van der Waals surface area contributed by atoms with Gasteiger partial charge in [-0.1, -0.05) is 18.2 Å². The van der Waals surface area contributed by atoms with Crippen LogP contribution in [0.15, 0.2) is 48.5 Å². The Morgan fingerprint density at radius 1 is 1.04 bits per heavy atom. The highest BCUT2D eigenvalue weighted by atomic mass is 16.5. The number of carboxylic acid groups (broad SMARTS) is 2. The van der Waals surface area contributed by atoms with Crippen molar-refractivity contribution in [2.75, 3.05) is 0 Å². The number of benzene rings is 2. The number of carbonyl (C=O) groups is 2. The third kappa shape index (κ3) is 2.94. The first-order valence-corrected chi connectivity index (χ1v) is 7.19. The highest BCUT2D eigenvalue weighted by molar-refractivity contribution is 5.86. The van der Waals surface area contributed by atoms with Crippen LogP contribution >= 0.6 is 0 Å². The van der Waals surface area contributed by atoms with Crippen LogP contribution in [0.1, 0.15) is 28.7 Å². The van der Waals surface area contributed by atoms with Gasteiger partial charge in [0.1, 0.15) is 23.5 Å². The van der Waals surface area contributed by atoms with Crippen molar-refractivity contribution in [3.05, 3.63) is 65.2 Å². The van der Waals surface area contributed by atoms with Crippen LogP contribution in [-0.2, 0) is 9.59 Å². The Balaban J connectivity index is 1.99. The van der Waals surface area contributed by atoms with Gasteiger partial charge in [0, 0.05) is 11.6 Å². The molecule has 0 aromatic heterocycles. The van der Waals surface area contributed by atoms with E-state index in [1.165, 1.54) is 18.2 Å². The quantitative estimate of drug-likeness (QED) is 0.746. The summed E-state index contributed by atoms with van der Waals surface area (Å²) in [4.78, 5) is 22.4. The van der Waals surface area contributed by atoms with E-state index in [1.54, 1.807) is 30.3 Å². The number of phenols is 1. The summed E-state index contributed by atoms with van der Waals surface area (Å²) < 4.78 is 5.78. The summed E-state index contributed by atoms with van der Waals surface area (Å²) in [5.41, 5.74) is 1.71. The van der Waals surface area contributed by atoms with E-state index in [4.69, 9.17) is 9.84 Å². The van der Waals surface area contributed by atoms with Gasteiger partial charge in [-0.3, -0.25) is 4.79 Å². The van der Waals surface area contributed by atoms with Crippen molar-refractivity contribution in [3.8, 4) is 11.5 Å². The second-order valence-corrected chi connectivity index (χ2v) is 5.41. The molecule has 2 aromatic rings. The van der Waals surface area contributed by atoms with Crippen molar-refractivity contribution in [2.45, 2.75) is 12.0 Å². The predicted octanol–water partition coefficient (Wildman–Crippen LogP) is 2.79. The number of fused-ring (bicyclic) bond motifs is 1. The molecule has 0 spiro atoms. The summed E-state index contributed by atoms with van der Waals surface area (Å²) >= 11 is 0. The molecule has 3 rings (SSSR count). The summed E-state index contributed by atoms with van der Waals surface area (Å²) in [6.45, 7) is 0. The molecule has 0 bridgehead atoms. The first-order valence-electron chi connectivity index (χ1n) is 7.19. The monoisotopic (exact) mass is 326 g/mol. The van der Waals surface area contributed by atoms with E-state index in [0.29, 0.717) is 22.4 Å². The van der Waals surface area contributed by atoms with Gasteiger partial charge < -0.3 is 20.1 Å². The van der Waals surface area contributed by atoms with Crippen LogP contribution in [0.3, 0.4) is 0 Å². The maximum absolute atomic E-state index is 11.8. The molecule has 24 heavy (non-hydrogen) atoms. The van der Waals surface area contributed by atoms with Crippen LogP contribution < -0.4 is 4.74 Å². The first-order chi connectivity index (χ1) is 11.5. The first kappa shape index (κ1) is 15.6. The Labute approximate surface area is 137 Å². The lowest BCUT2D eigenvalue weighted by Gasteiger charge is -2.16. The Morgan fingerprint density at radius 3 is 2.38 bits per heavy atom. The zero-order valence-corrected chi connectivity index (χ0v) is 12.4. The topological polar surface area (TPSA) is 104 Å². The fourth-order valence-corrected chi connectivity index (χ4v) is 2.74. The smallest absolute Gasteiger partial charge is 0.328 e. The van der Waals surface area contributed by atoms with Crippen LogP contribution in [0.25, 0.3) is 6.08 Å². The molecule has 122 valence electrons. The lowest BCUT2D eigenvalue weighted by atomic mass is 9.90. The van der Waals surface area contributed by atoms with Crippen LogP contribution in [0, 0.1) is 0 Å². The molecule has 1 aliphatic rings. The number of rotatable bonds is 4. The van der Waals surface area contributed by atoms with E-state index in [0.717, 1.165) is 6.08 Å². The number of hydrogen-bond acceptors (Lipinski definition) is 4. The molecule has 2 atom stereocenters. The Morgan fingerprint density at radius 2 is 1.75 bits per heavy atom. The van der Waals surface area contributed by atoms with Gasteiger partial charge in [-0.05, 0) is 41.5 Å². The molecule has 0 saturated heterocycles. The zero-order valence-electron chi connectivity index (χ0n) is 12.4. The molecule has 6 nitrogen and oxygen atoms in total. The Bertz CT molecular complexity index is 822. The number of aromatic hydroxyl groups is 1. The molecule has 0 radical (unpaired) electrons. The molecule has 1 aliphatic heterocycles. The molecule has 1 heterocycles. The van der Waals surface area contributed by atoms with E-state index in [-0.39, 0.29) is 5.75 Å². The zero-order chi connectivity index (χ0) is 17.3. The van der Waals surface area contributed by atoms with Gasteiger partial charge in [-0.25, -0.2) is 4.79 Å². The number of aliphatic carboxylic acids is 2. The second kappa shape index (κ2) is 6.08. The summed E-state index contributed by atoms with van der Waals surface area (Å²) in [5, 5.41) is 27.7. The highest BCUT2D eigenvalue weighted by Crippen LogP contribution is 2.46. The summed E-state index contributed by atoms with van der Waals surface area (Å²) in [6, 6.07) is 11.1. The molecular formula is C18H14O6. The van der Waals surface area contributed by atoms with Crippen molar-refractivity contribution in [3.63, 3.8) is 0 Å². The van der Waals surface area contributed by atoms with Crippen molar-refractivity contribution in [2.24, 2.45) is 0 Å². The fourth-order valence-electron chi connectivity index (χ4n) is 2.74. The highest BCUT2D eigenvalue weighted by Gasteiger charge is 2.40. The average molecular weight is 326 g/mol. The van der Waals surface area contributed by atoms with Crippen LogP contribution in [-0.4, -0.2) is 27.3 Å². The van der Waals surface area contributed by atoms with Gasteiger partial charge in [-0.15, -0.1) is 0 Å². The largest absolute Gasteiger partial charge is 0.508 e. The maximum Gasteiger partial charge on any atom is 0.328 e. The van der Waals surface area contributed by atoms with Gasteiger partial charge in [0.15, 0.2) is 0 Å². The molecule has 0 saturated carbocycles. The molecule has 0 fully saturated rings. The lowest BCUT2D eigenvalue weighted by molar-refractivity contribution is -0.140. The van der Waals surface area contributed by atoms with Crippen molar-refractivity contribution >= 4 is 18.0 Å². The van der Waals surface area contributed by atoms with E-state index >= 15 is 0 Å². The van der Waals surface area contributed by atoms with E-state index < -0.39 is 24.0 Å². The van der Waals surface area contributed by atoms with E-state index in [1.807, 2.05) is 0 Å². The Hall–Kier alpha value is -3.28.